The summed E-state index contributed by atoms with van der Waals surface area (Å²) in [4.78, 5) is 29.7. The smallest absolute Gasteiger partial charge is 0.305 e. The van der Waals surface area contributed by atoms with Crippen molar-refractivity contribution in [3.8, 4) is 11.3 Å². The average Bonchev–Trinajstić information content (AvgIpc) is 3.37. The maximum Gasteiger partial charge on any atom is 0.305 e. The highest BCUT2D eigenvalue weighted by atomic mass is 79.9. The Balaban J connectivity index is 1.54. The lowest BCUT2D eigenvalue weighted by molar-refractivity contribution is -0.136. The molecule has 0 unspecified atom stereocenters. The molecule has 1 heterocycles. The Kier molecular flexibility index (Phi) is 8.62. The Morgan fingerprint density at radius 2 is 1.59 bits per heavy atom. The molecule has 1 amide bonds. The normalized spacial score (nSPS) is 10.8. The Hall–Kier alpha value is -3.63. The molecule has 0 fully saturated rings. The number of halogens is 3. The zero-order valence-electron chi connectivity index (χ0n) is 19.5. The number of carbonyl (C=O) groups is 2. The van der Waals surface area contributed by atoms with Gasteiger partial charge in [-0.15, -0.1) is 11.3 Å². The molecule has 4 aromatic rings. The van der Waals surface area contributed by atoms with E-state index >= 15 is 0 Å². The van der Waals surface area contributed by atoms with E-state index in [2.05, 4.69) is 31.1 Å². The Morgan fingerprint density at radius 3 is 2.22 bits per heavy atom. The molecule has 6 nitrogen and oxygen atoms in total. The van der Waals surface area contributed by atoms with Crippen LogP contribution >= 0.6 is 27.3 Å². The summed E-state index contributed by atoms with van der Waals surface area (Å²) in [7, 11) is 0. The first-order valence-electron chi connectivity index (χ1n) is 11.3. The van der Waals surface area contributed by atoms with Crippen LogP contribution in [-0.2, 0) is 17.9 Å². The van der Waals surface area contributed by atoms with Gasteiger partial charge < -0.3 is 15.3 Å². The molecule has 37 heavy (non-hydrogen) atoms. The second-order valence-electron chi connectivity index (χ2n) is 8.22. The number of carboxylic acid groups (broad SMARTS) is 1. The van der Waals surface area contributed by atoms with Gasteiger partial charge >= 0.3 is 5.97 Å². The van der Waals surface area contributed by atoms with E-state index < -0.39 is 17.6 Å². The molecule has 190 valence electrons. The Morgan fingerprint density at radius 1 is 0.946 bits per heavy atom. The van der Waals surface area contributed by atoms with Gasteiger partial charge in [-0.1, -0.05) is 40.2 Å². The number of benzene rings is 3. The SMILES string of the molecule is O=C(O)CCNC(=O)c1ccc(CN(Cc2ccc(Br)cc2)c2nc(-c3ccc(F)c(F)c3)cs2)cc1. The van der Waals surface area contributed by atoms with Gasteiger partial charge in [-0.25, -0.2) is 13.8 Å². The first-order valence-corrected chi connectivity index (χ1v) is 12.9. The number of carbonyl (C=O) groups excluding carboxylic acids is 1. The number of rotatable bonds is 10. The molecule has 0 spiro atoms. The van der Waals surface area contributed by atoms with Crippen molar-refractivity contribution in [3.63, 3.8) is 0 Å². The van der Waals surface area contributed by atoms with Crippen molar-refractivity contribution in [2.45, 2.75) is 19.5 Å². The molecule has 0 aliphatic rings. The third-order valence-corrected chi connectivity index (χ3v) is 6.91. The van der Waals surface area contributed by atoms with E-state index in [9.17, 15) is 18.4 Å². The van der Waals surface area contributed by atoms with Crippen molar-refractivity contribution in [1.29, 1.82) is 0 Å². The summed E-state index contributed by atoms with van der Waals surface area (Å²) in [5, 5.41) is 13.8. The van der Waals surface area contributed by atoms with Crippen LogP contribution < -0.4 is 10.2 Å². The third kappa shape index (κ3) is 7.21. The molecule has 0 atom stereocenters. The average molecular weight is 586 g/mol. The standard InChI is InChI=1S/C27H22BrF2N3O3S/c28-21-8-3-18(4-9-21)15-33(27-32-24(16-37-27)20-7-10-22(29)23(30)13-20)14-17-1-5-19(6-2-17)26(36)31-12-11-25(34)35/h1-10,13,16H,11-12,14-15H2,(H,31,36)(H,34,35). The first kappa shape index (κ1) is 26.4. The molecule has 2 N–H and O–H groups in total. The van der Waals surface area contributed by atoms with Gasteiger partial charge in [0.2, 0.25) is 0 Å². The van der Waals surface area contributed by atoms with Crippen LogP contribution in [0.5, 0.6) is 0 Å². The van der Waals surface area contributed by atoms with Crippen LogP contribution in [0.4, 0.5) is 13.9 Å². The minimum Gasteiger partial charge on any atom is -0.481 e. The van der Waals surface area contributed by atoms with E-state index in [-0.39, 0.29) is 18.9 Å². The predicted molar refractivity (Wildman–Crippen MR) is 143 cm³/mol. The summed E-state index contributed by atoms with van der Waals surface area (Å²) >= 11 is 4.85. The van der Waals surface area contributed by atoms with Gasteiger partial charge in [-0.3, -0.25) is 9.59 Å². The lowest BCUT2D eigenvalue weighted by Crippen LogP contribution is -2.26. The lowest BCUT2D eigenvalue weighted by Gasteiger charge is -2.22. The maximum atomic E-state index is 13.8. The fourth-order valence-corrected chi connectivity index (χ4v) is 4.67. The Bertz CT molecular complexity index is 1400. The van der Waals surface area contributed by atoms with Gasteiger partial charge in [0.1, 0.15) is 0 Å². The van der Waals surface area contributed by atoms with Crippen molar-refractivity contribution in [3.05, 3.63) is 105 Å². The second-order valence-corrected chi connectivity index (χ2v) is 9.98. The van der Waals surface area contributed by atoms with Crippen LogP contribution in [0, 0.1) is 11.6 Å². The van der Waals surface area contributed by atoms with Crippen molar-refractivity contribution in [2.24, 2.45) is 0 Å². The summed E-state index contributed by atoms with van der Waals surface area (Å²) in [6, 6.07) is 18.7. The van der Waals surface area contributed by atoms with Gasteiger partial charge in [0.05, 0.1) is 12.1 Å². The highest BCUT2D eigenvalue weighted by Gasteiger charge is 2.16. The zero-order chi connectivity index (χ0) is 26.4. The molecule has 0 saturated heterocycles. The summed E-state index contributed by atoms with van der Waals surface area (Å²) in [6.07, 6.45) is -0.144. The molecule has 4 rings (SSSR count). The maximum absolute atomic E-state index is 13.8. The van der Waals surface area contributed by atoms with Crippen LogP contribution in [0.15, 0.2) is 76.6 Å². The van der Waals surface area contributed by atoms with Crippen LogP contribution in [-0.4, -0.2) is 28.5 Å². The van der Waals surface area contributed by atoms with Crippen LogP contribution in [0.3, 0.4) is 0 Å². The minimum atomic E-state index is -0.976. The third-order valence-electron chi connectivity index (χ3n) is 5.48. The number of nitrogens with zero attached hydrogens (tertiary/aromatic N) is 2. The van der Waals surface area contributed by atoms with Crippen LogP contribution in [0.2, 0.25) is 0 Å². The van der Waals surface area contributed by atoms with Crippen molar-refractivity contribution >= 4 is 44.3 Å². The van der Waals surface area contributed by atoms with Crippen LogP contribution in [0.25, 0.3) is 11.3 Å². The van der Waals surface area contributed by atoms with E-state index in [0.29, 0.717) is 35.0 Å². The molecule has 0 aliphatic carbocycles. The molecule has 3 aromatic carbocycles. The Labute approximate surface area is 224 Å². The molecular formula is C27H22BrF2N3O3S. The number of nitrogens with one attached hydrogen (secondary N) is 1. The molecule has 0 saturated carbocycles. The van der Waals surface area contributed by atoms with E-state index in [0.717, 1.165) is 27.7 Å². The number of aliphatic carboxylic acids is 1. The van der Waals surface area contributed by atoms with Gasteiger partial charge in [-0.2, -0.15) is 0 Å². The number of hydrogen-bond donors (Lipinski definition) is 2. The van der Waals surface area contributed by atoms with E-state index in [1.54, 1.807) is 17.5 Å². The molecule has 10 heteroatoms. The topological polar surface area (TPSA) is 82.5 Å². The monoisotopic (exact) mass is 585 g/mol. The highest BCUT2D eigenvalue weighted by Crippen LogP contribution is 2.30. The molecule has 0 radical (unpaired) electrons. The summed E-state index contributed by atoms with van der Waals surface area (Å²) in [5.41, 5.74) is 3.46. The summed E-state index contributed by atoms with van der Waals surface area (Å²) in [6.45, 7) is 1.10. The van der Waals surface area contributed by atoms with Crippen molar-refractivity contribution in [2.75, 3.05) is 11.4 Å². The molecule has 1 aromatic heterocycles. The van der Waals surface area contributed by atoms with E-state index in [4.69, 9.17) is 5.11 Å². The van der Waals surface area contributed by atoms with Gasteiger partial charge in [0.15, 0.2) is 16.8 Å². The van der Waals surface area contributed by atoms with Crippen molar-refractivity contribution < 1.29 is 23.5 Å². The number of thiazole rings is 1. The molecular weight excluding hydrogens is 564 g/mol. The fourth-order valence-electron chi connectivity index (χ4n) is 3.57. The van der Waals surface area contributed by atoms with E-state index in [1.807, 2.05) is 36.4 Å². The predicted octanol–water partition coefficient (Wildman–Crippen LogP) is 6.26. The largest absolute Gasteiger partial charge is 0.481 e. The van der Waals surface area contributed by atoms with E-state index in [1.165, 1.54) is 17.4 Å². The van der Waals surface area contributed by atoms with Gasteiger partial charge in [-0.05, 0) is 53.6 Å². The minimum absolute atomic E-state index is 0.0568. The fraction of sp³-hybridized carbons (Fsp3) is 0.148. The highest BCUT2D eigenvalue weighted by molar-refractivity contribution is 9.10. The number of anilines is 1. The van der Waals surface area contributed by atoms with Crippen molar-refractivity contribution in [1.82, 2.24) is 10.3 Å². The van der Waals surface area contributed by atoms with Gasteiger partial charge in [0.25, 0.3) is 5.91 Å². The zero-order valence-corrected chi connectivity index (χ0v) is 21.9. The summed E-state index contributed by atoms with van der Waals surface area (Å²) < 4.78 is 28.1. The second kappa shape index (κ2) is 12.1. The molecule has 0 bridgehead atoms. The first-order chi connectivity index (χ1) is 17.8. The molecule has 0 aliphatic heterocycles. The number of hydrogen-bond acceptors (Lipinski definition) is 5. The number of aromatic nitrogens is 1. The summed E-state index contributed by atoms with van der Waals surface area (Å²) in [5.74, 6) is -3.15. The number of carboxylic acids is 1. The van der Waals surface area contributed by atoms with Crippen LogP contribution in [0.1, 0.15) is 27.9 Å². The van der Waals surface area contributed by atoms with Gasteiger partial charge in [0, 0.05) is 40.6 Å². The quantitative estimate of drug-likeness (QED) is 0.229. The number of amides is 1. The lowest BCUT2D eigenvalue weighted by atomic mass is 10.1.